The van der Waals surface area contributed by atoms with Crippen molar-refractivity contribution in [1.29, 1.82) is 0 Å². The predicted octanol–water partition coefficient (Wildman–Crippen LogP) is 7.02. The van der Waals surface area contributed by atoms with Crippen LogP contribution in [0, 0.1) is 0 Å². The standard InChI is InChI=1S/C21H15Cl5O5S.Na/c1-30-20-14(5-11(23)7-16(20)25)19(15-6-12(24)8-17(26)21(15)31-2)13-4-3-10(22)9-18(13)32(27,28)29;/h3-9,19H,1-2H3,(H,27,28,29);. The van der Waals surface area contributed by atoms with Gasteiger partial charge in [-0.1, -0.05) is 64.1 Å². The zero-order chi connectivity index (χ0) is 23.8. The summed E-state index contributed by atoms with van der Waals surface area (Å²) in [5.74, 6) is -0.479. The Bertz CT molecular complexity index is 1240. The molecule has 5 nitrogen and oxygen atoms in total. The van der Waals surface area contributed by atoms with Crippen LogP contribution in [0.4, 0.5) is 0 Å². The van der Waals surface area contributed by atoms with Crippen molar-refractivity contribution in [2.24, 2.45) is 0 Å². The molecular formula is C21H15Cl5NaO5S. The molecule has 3 aromatic rings. The van der Waals surface area contributed by atoms with E-state index in [1.165, 1.54) is 38.5 Å². The van der Waals surface area contributed by atoms with E-state index in [0.29, 0.717) is 11.1 Å². The van der Waals surface area contributed by atoms with Crippen molar-refractivity contribution in [2.75, 3.05) is 14.2 Å². The van der Waals surface area contributed by atoms with Gasteiger partial charge in [-0.05, 0) is 42.0 Å². The normalized spacial score (nSPS) is 11.3. The average molecular weight is 580 g/mol. The van der Waals surface area contributed by atoms with Crippen molar-refractivity contribution in [1.82, 2.24) is 0 Å². The molecule has 0 atom stereocenters. The second-order valence-corrected chi connectivity index (χ2v) is 10.1. The maximum absolute atomic E-state index is 12.3. The van der Waals surface area contributed by atoms with Crippen LogP contribution in [0.5, 0.6) is 11.5 Å². The minimum atomic E-state index is -4.69. The van der Waals surface area contributed by atoms with E-state index in [-0.39, 0.29) is 71.7 Å². The van der Waals surface area contributed by atoms with Gasteiger partial charge in [0.15, 0.2) is 0 Å². The molecule has 3 rings (SSSR count). The number of hydrogen-bond donors (Lipinski definition) is 1. The molecule has 3 aromatic carbocycles. The molecule has 33 heavy (non-hydrogen) atoms. The summed E-state index contributed by atoms with van der Waals surface area (Å²) in [6.45, 7) is 0. The number of ether oxygens (including phenoxy) is 2. The summed E-state index contributed by atoms with van der Waals surface area (Å²) in [7, 11) is -1.88. The summed E-state index contributed by atoms with van der Waals surface area (Å²) in [4.78, 5) is -0.425. The van der Waals surface area contributed by atoms with Crippen LogP contribution in [-0.4, -0.2) is 56.7 Å². The van der Waals surface area contributed by atoms with Crippen LogP contribution in [0.1, 0.15) is 22.6 Å². The summed E-state index contributed by atoms with van der Waals surface area (Å²) >= 11 is 31.3. The van der Waals surface area contributed by atoms with Gasteiger partial charge in [0.05, 0.1) is 29.2 Å². The van der Waals surface area contributed by atoms with E-state index in [4.69, 9.17) is 67.5 Å². The van der Waals surface area contributed by atoms with Crippen LogP contribution < -0.4 is 9.47 Å². The van der Waals surface area contributed by atoms with Crippen LogP contribution in [0.15, 0.2) is 47.4 Å². The second-order valence-electron chi connectivity index (χ2n) is 6.61. The molecule has 0 fully saturated rings. The van der Waals surface area contributed by atoms with E-state index in [1.807, 2.05) is 0 Å². The molecule has 0 aromatic heterocycles. The van der Waals surface area contributed by atoms with E-state index in [1.54, 1.807) is 12.1 Å². The molecule has 0 amide bonds. The van der Waals surface area contributed by atoms with Gasteiger partial charge in [0.25, 0.3) is 10.1 Å². The van der Waals surface area contributed by atoms with Crippen molar-refractivity contribution in [2.45, 2.75) is 10.8 Å². The molecule has 0 spiro atoms. The smallest absolute Gasteiger partial charge is 0.294 e. The van der Waals surface area contributed by atoms with E-state index < -0.39 is 20.9 Å². The minimum Gasteiger partial charge on any atom is -0.495 e. The second kappa shape index (κ2) is 11.6. The molecule has 1 radical (unpaired) electrons. The summed E-state index contributed by atoms with van der Waals surface area (Å²) in [6, 6.07) is 10.2. The van der Waals surface area contributed by atoms with Gasteiger partial charge in [0.1, 0.15) is 11.5 Å². The fourth-order valence-corrected chi connectivity index (χ4v) is 5.66. The molecule has 0 saturated carbocycles. The monoisotopic (exact) mass is 577 g/mol. The first-order valence-corrected chi connectivity index (χ1v) is 12.1. The Morgan fingerprint density at radius 2 is 1.18 bits per heavy atom. The Morgan fingerprint density at radius 3 is 1.58 bits per heavy atom. The molecule has 12 heteroatoms. The summed E-state index contributed by atoms with van der Waals surface area (Å²) in [6.07, 6.45) is 0. The molecule has 1 N–H and O–H groups in total. The van der Waals surface area contributed by atoms with Gasteiger partial charge >= 0.3 is 0 Å². The molecule has 0 aliphatic heterocycles. The fraction of sp³-hybridized carbons (Fsp3) is 0.143. The SMILES string of the molecule is COc1c(Cl)cc(Cl)cc1C(c1ccc(Cl)cc1S(=O)(=O)O)c1cc(Cl)cc(Cl)c1OC.[Na]. The molecular weight excluding hydrogens is 565 g/mol. The molecule has 0 bridgehead atoms. The molecule has 0 unspecified atom stereocenters. The molecule has 0 aliphatic rings. The zero-order valence-electron chi connectivity index (χ0n) is 17.5. The van der Waals surface area contributed by atoms with Crippen molar-refractivity contribution in [3.63, 3.8) is 0 Å². The van der Waals surface area contributed by atoms with E-state index in [2.05, 4.69) is 0 Å². The maximum atomic E-state index is 12.3. The van der Waals surface area contributed by atoms with Gasteiger partial charge in [0, 0.05) is 61.7 Å². The first kappa shape index (κ1) is 28.9. The number of rotatable bonds is 6. The molecule has 171 valence electrons. The first-order chi connectivity index (χ1) is 15.0. The first-order valence-electron chi connectivity index (χ1n) is 8.80. The van der Waals surface area contributed by atoms with Gasteiger partial charge in [-0.3, -0.25) is 4.55 Å². The van der Waals surface area contributed by atoms with Crippen molar-refractivity contribution in [3.05, 3.63) is 84.3 Å². The van der Waals surface area contributed by atoms with E-state index in [0.717, 1.165) is 6.07 Å². The molecule has 0 aliphatic carbocycles. The number of halogens is 5. The number of benzene rings is 3. The van der Waals surface area contributed by atoms with Crippen LogP contribution in [0.25, 0.3) is 0 Å². The third-order valence-corrected chi connectivity index (χ3v) is 6.81. The Labute approximate surface area is 238 Å². The minimum absolute atomic E-state index is 0. The quantitative estimate of drug-likeness (QED) is 0.193. The maximum Gasteiger partial charge on any atom is 0.294 e. The fourth-order valence-electron chi connectivity index (χ4n) is 3.49. The Morgan fingerprint density at radius 1 is 0.727 bits per heavy atom. The molecule has 0 saturated heterocycles. The summed E-state index contributed by atoms with van der Waals surface area (Å²) in [5, 5.41) is 1.02. The third-order valence-electron chi connectivity index (χ3n) is 4.67. The van der Waals surface area contributed by atoms with Crippen LogP contribution in [0.2, 0.25) is 25.1 Å². The Hall–Kier alpha value is -0.380. The summed E-state index contributed by atoms with van der Waals surface area (Å²) in [5.41, 5.74) is 0.910. The third kappa shape index (κ3) is 6.25. The van der Waals surface area contributed by atoms with Gasteiger partial charge in [0.2, 0.25) is 0 Å². The van der Waals surface area contributed by atoms with Gasteiger partial charge in [-0.15, -0.1) is 0 Å². The largest absolute Gasteiger partial charge is 0.495 e. The van der Waals surface area contributed by atoms with Crippen LogP contribution >= 0.6 is 58.0 Å². The van der Waals surface area contributed by atoms with Gasteiger partial charge < -0.3 is 9.47 Å². The van der Waals surface area contributed by atoms with Crippen molar-refractivity contribution < 1.29 is 22.4 Å². The zero-order valence-corrected chi connectivity index (χ0v) is 24.1. The van der Waals surface area contributed by atoms with Gasteiger partial charge in [-0.25, -0.2) is 0 Å². The van der Waals surface area contributed by atoms with E-state index >= 15 is 0 Å². The number of hydrogen-bond acceptors (Lipinski definition) is 4. The van der Waals surface area contributed by atoms with E-state index in [9.17, 15) is 13.0 Å². The predicted molar refractivity (Wildman–Crippen MR) is 134 cm³/mol. The van der Waals surface area contributed by atoms with Crippen LogP contribution in [0.3, 0.4) is 0 Å². The number of methoxy groups -OCH3 is 2. The molecule has 0 heterocycles. The topological polar surface area (TPSA) is 72.8 Å². The average Bonchev–Trinajstić information content (AvgIpc) is 2.68. The Kier molecular flexibility index (Phi) is 10.1. The Balaban J connectivity index is 0.00000385. The van der Waals surface area contributed by atoms with Crippen molar-refractivity contribution in [3.8, 4) is 11.5 Å². The van der Waals surface area contributed by atoms with Crippen LogP contribution in [-0.2, 0) is 10.1 Å². The summed E-state index contributed by atoms with van der Waals surface area (Å²) < 4.78 is 45.5. The van der Waals surface area contributed by atoms with Gasteiger partial charge in [-0.2, -0.15) is 8.42 Å². The van der Waals surface area contributed by atoms with Crippen molar-refractivity contribution >= 4 is 97.7 Å².